The Labute approximate surface area is 117 Å². The van der Waals surface area contributed by atoms with Crippen LogP contribution in [0.25, 0.3) is 0 Å². The zero-order valence-corrected chi connectivity index (χ0v) is 12.0. The first-order valence-electron chi connectivity index (χ1n) is 7.84. The third-order valence-corrected chi connectivity index (χ3v) is 4.13. The van der Waals surface area contributed by atoms with Crippen molar-refractivity contribution in [1.29, 1.82) is 0 Å². The van der Waals surface area contributed by atoms with Crippen LogP contribution in [0.5, 0.6) is 0 Å². The molecule has 1 unspecified atom stereocenters. The molecule has 0 aromatic heterocycles. The molecule has 1 atom stereocenters. The van der Waals surface area contributed by atoms with Crippen LogP contribution >= 0.6 is 0 Å². The zero-order chi connectivity index (χ0) is 13.3. The number of allylic oxidation sites excluding steroid dienone is 1. The summed E-state index contributed by atoms with van der Waals surface area (Å²) in [4.78, 5) is 0. The monoisotopic (exact) mass is 257 g/mol. The second kappa shape index (κ2) is 8.16. The van der Waals surface area contributed by atoms with Crippen molar-refractivity contribution in [3.8, 4) is 0 Å². The first kappa shape index (κ1) is 14.3. The van der Waals surface area contributed by atoms with E-state index in [-0.39, 0.29) is 0 Å². The van der Waals surface area contributed by atoms with Crippen molar-refractivity contribution >= 4 is 0 Å². The molecule has 0 amide bonds. The summed E-state index contributed by atoms with van der Waals surface area (Å²) < 4.78 is 0. The molecule has 1 aromatic rings. The lowest BCUT2D eigenvalue weighted by Gasteiger charge is -2.18. The minimum atomic E-state index is 0.293. The first-order valence-corrected chi connectivity index (χ1v) is 7.84. The second-order valence-corrected chi connectivity index (χ2v) is 5.72. The molecule has 0 fully saturated rings. The second-order valence-electron chi connectivity index (χ2n) is 5.72. The standard InChI is InChI=1S/C18H27N/c19-18(17-13-7-2-1-3-8-14-17)15-9-12-16-10-5-4-6-11-16/h4-6,10-11,13,18H,1-3,7-9,12,14-15,19H2/b17-13+. The third kappa shape index (κ3) is 5.20. The minimum absolute atomic E-state index is 0.293. The molecule has 1 aromatic carbocycles. The number of benzene rings is 1. The van der Waals surface area contributed by atoms with Gasteiger partial charge in [0.15, 0.2) is 0 Å². The number of hydrogen-bond acceptors (Lipinski definition) is 1. The Morgan fingerprint density at radius 3 is 2.63 bits per heavy atom. The Hall–Kier alpha value is -1.08. The Bertz CT molecular complexity index is 380. The fraction of sp³-hybridized carbons (Fsp3) is 0.556. The van der Waals surface area contributed by atoms with E-state index in [1.165, 1.54) is 56.1 Å². The van der Waals surface area contributed by atoms with Crippen LogP contribution in [-0.2, 0) is 6.42 Å². The lowest BCUT2D eigenvalue weighted by atomic mass is 9.92. The molecule has 0 radical (unpaired) electrons. The van der Waals surface area contributed by atoms with E-state index in [1.807, 2.05) is 0 Å². The molecule has 104 valence electrons. The van der Waals surface area contributed by atoms with Crippen LogP contribution in [0.15, 0.2) is 42.0 Å². The maximum Gasteiger partial charge on any atom is 0.0253 e. The van der Waals surface area contributed by atoms with Crippen molar-refractivity contribution in [2.24, 2.45) is 5.73 Å². The third-order valence-electron chi connectivity index (χ3n) is 4.13. The number of nitrogens with two attached hydrogens (primary N) is 1. The van der Waals surface area contributed by atoms with Gasteiger partial charge in [-0.1, -0.05) is 54.8 Å². The van der Waals surface area contributed by atoms with Crippen molar-refractivity contribution in [3.63, 3.8) is 0 Å². The fourth-order valence-corrected chi connectivity index (χ4v) is 2.91. The Kier molecular flexibility index (Phi) is 6.16. The van der Waals surface area contributed by atoms with Crippen LogP contribution in [-0.4, -0.2) is 6.04 Å². The highest BCUT2D eigenvalue weighted by Crippen LogP contribution is 2.21. The molecule has 0 bridgehead atoms. The predicted molar refractivity (Wildman–Crippen MR) is 83.1 cm³/mol. The molecule has 2 rings (SSSR count). The van der Waals surface area contributed by atoms with E-state index in [2.05, 4.69) is 36.4 Å². The van der Waals surface area contributed by atoms with Crippen molar-refractivity contribution in [2.75, 3.05) is 0 Å². The van der Waals surface area contributed by atoms with E-state index in [9.17, 15) is 0 Å². The molecule has 19 heavy (non-hydrogen) atoms. The smallest absolute Gasteiger partial charge is 0.0253 e. The van der Waals surface area contributed by atoms with Gasteiger partial charge in [-0.25, -0.2) is 0 Å². The van der Waals surface area contributed by atoms with Crippen molar-refractivity contribution in [1.82, 2.24) is 0 Å². The van der Waals surface area contributed by atoms with Crippen molar-refractivity contribution in [2.45, 2.75) is 63.8 Å². The predicted octanol–water partition coefficient (Wildman–Crippen LogP) is 4.62. The van der Waals surface area contributed by atoms with E-state index in [0.29, 0.717) is 6.04 Å². The summed E-state index contributed by atoms with van der Waals surface area (Å²) in [6, 6.07) is 11.0. The van der Waals surface area contributed by atoms with Crippen LogP contribution in [0.3, 0.4) is 0 Å². The molecule has 2 N–H and O–H groups in total. The first-order chi connectivity index (χ1) is 9.36. The van der Waals surface area contributed by atoms with Gasteiger partial charge in [0.1, 0.15) is 0 Å². The maximum absolute atomic E-state index is 6.36. The summed E-state index contributed by atoms with van der Waals surface area (Å²) in [5, 5.41) is 0. The van der Waals surface area contributed by atoms with Crippen LogP contribution in [0.4, 0.5) is 0 Å². The van der Waals surface area contributed by atoms with E-state index >= 15 is 0 Å². The molecule has 0 spiro atoms. The minimum Gasteiger partial charge on any atom is -0.324 e. The molecule has 0 aliphatic heterocycles. The lowest BCUT2D eigenvalue weighted by molar-refractivity contribution is 0.570. The Morgan fingerprint density at radius 1 is 1.00 bits per heavy atom. The summed E-state index contributed by atoms with van der Waals surface area (Å²) in [5.41, 5.74) is 9.32. The van der Waals surface area contributed by atoms with Gasteiger partial charge in [0.05, 0.1) is 0 Å². The summed E-state index contributed by atoms with van der Waals surface area (Å²) in [6.07, 6.45) is 13.8. The van der Waals surface area contributed by atoms with Gasteiger partial charge >= 0.3 is 0 Å². The van der Waals surface area contributed by atoms with Gasteiger partial charge in [-0.2, -0.15) is 0 Å². The summed E-state index contributed by atoms with van der Waals surface area (Å²) in [6.45, 7) is 0. The van der Waals surface area contributed by atoms with E-state index in [4.69, 9.17) is 5.73 Å². The van der Waals surface area contributed by atoms with Gasteiger partial charge < -0.3 is 5.73 Å². The molecule has 0 saturated heterocycles. The summed E-state index contributed by atoms with van der Waals surface area (Å²) in [5.74, 6) is 0. The fourth-order valence-electron chi connectivity index (χ4n) is 2.91. The highest BCUT2D eigenvalue weighted by atomic mass is 14.6. The highest BCUT2D eigenvalue weighted by Gasteiger charge is 2.10. The van der Waals surface area contributed by atoms with Crippen molar-refractivity contribution in [3.05, 3.63) is 47.5 Å². The quantitative estimate of drug-likeness (QED) is 0.765. The zero-order valence-electron chi connectivity index (χ0n) is 12.0. The van der Waals surface area contributed by atoms with Crippen LogP contribution in [0.2, 0.25) is 0 Å². The molecular formula is C18H27N. The van der Waals surface area contributed by atoms with Gasteiger partial charge in [-0.05, 0) is 50.5 Å². The summed E-state index contributed by atoms with van der Waals surface area (Å²) in [7, 11) is 0. The maximum atomic E-state index is 6.36. The van der Waals surface area contributed by atoms with Gasteiger partial charge in [-0.3, -0.25) is 0 Å². The van der Waals surface area contributed by atoms with Gasteiger partial charge in [0.2, 0.25) is 0 Å². The number of hydrogen-bond donors (Lipinski definition) is 1. The van der Waals surface area contributed by atoms with Crippen LogP contribution < -0.4 is 5.73 Å². The SMILES string of the molecule is NC(CCCc1ccccc1)/C1=C/CCCCCC1. The molecular weight excluding hydrogens is 230 g/mol. The molecule has 1 aliphatic carbocycles. The number of aryl methyl sites for hydroxylation is 1. The topological polar surface area (TPSA) is 26.0 Å². The molecule has 0 saturated carbocycles. The van der Waals surface area contributed by atoms with Crippen LogP contribution in [0.1, 0.15) is 56.9 Å². The van der Waals surface area contributed by atoms with E-state index in [0.717, 1.165) is 12.8 Å². The average Bonchev–Trinajstić information content (AvgIpc) is 2.39. The van der Waals surface area contributed by atoms with Crippen molar-refractivity contribution < 1.29 is 0 Å². The highest BCUT2D eigenvalue weighted by molar-refractivity contribution is 5.15. The Balaban J connectivity index is 1.75. The normalized spacial score (nSPS) is 21.0. The van der Waals surface area contributed by atoms with Gasteiger partial charge in [0, 0.05) is 6.04 Å². The summed E-state index contributed by atoms with van der Waals surface area (Å²) >= 11 is 0. The van der Waals surface area contributed by atoms with E-state index in [1.54, 1.807) is 0 Å². The molecule has 1 aliphatic rings. The molecule has 0 heterocycles. The van der Waals surface area contributed by atoms with Gasteiger partial charge in [0.25, 0.3) is 0 Å². The Morgan fingerprint density at radius 2 is 1.79 bits per heavy atom. The number of rotatable bonds is 5. The lowest BCUT2D eigenvalue weighted by Crippen LogP contribution is -2.23. The molecule has 1 nitrogen and oxygen atoms in total. The van der Waals surface area contributed by atoms with Gasteiger partial charge in [-0.15, -0.1) is 0 Å². The average molecular weight is 257 g/mol. The van der Waals surface area contributed by atoms with E-state index < -0.39 is 0 Å². The molecule has 1 heteroatoms. The largest absolute Gasteiger partial charge is 0.324 e. The van der Waals surface area contributed by atoms with Crippen LogP contribution in [0, 0.1) is 0 Å².